The Kier molecular flexibility index (Phi) is 7.04. The van der Waals surface area contributed by atoms with Crippen molar-refractivity contribution in [2.45, 2.75) is 25.3 Å². The van der Waals surface area contributed by atoms with Crippen LogP contribution in [0.5, 0.6) is 0 Å². The molecule has 0 amide bonds. The molecule has 5 N–H and O–H groups in total. The first-order valence-electron chi connectivity index (χ1n) is 4.44. The van der Waals surface area contributed by atoms with E-state index in [1.165, 1.54) is 7.11 Å². The maximum atomic E-state index is 10.9. The Morgan fingerprint density at radius 1 is 1.57 bits per heavy atom. The van der Waals surface area contributed by atoms with Crippen molar-refractivity contribution in [2.75, 3.05) is 13.7 Å². The molecule has 14 heavy (non-hydrogen) atoms. The molecule has 0 aliphatic rings. The molecule has 0 fully saturated rings. The van der Waals surface area contributed by atoms with E-state index in [2.05, 4.69) is 22.3 Å². The molecule has 0 bridgehead atoms. The van der Waals surface area contributed by atoms with E-state index in [0.717, 1.165) is 12.8 Å². The third-order valence-electron chi connectivity index (χ3n) is 1.75. The lowest BCUT2D eigenvalue weighted by Crippen LogP contribution is -2.32. The molecule has 0 saturated heterocycles. The zero-order valence-corrected chi connectivity index (χ0v) is 9.10. The summed E-state index contributed by atoms with van der Waals surface area (Å²) in [7, 11) is 1.33. The van der Waals surface area contributed by atoms with Crippen LogP contribution in [0.25, 0.3) is 0 Å². The number of ether oxygens (including phenoxy) is 1. The molecule has 82 valence electrons. The Morgan fingerprint density at radius 3 is 2.71 bits per heavy atom. The number of hydrogen-bond acceptors (Lipinski definition) is 4. The molecule has 0 aliphatic heterocycles. The zero-order valence-electron chi connectivity index (χ0n) is 8.29. The highest BCUT2D eigenvalue weighted by molar-refractivity contribution is 7.80. The second-order valence-corrected chi connectivity index (χ2v) is 3.36. The average Bonchev–Trinajstić information content (AvgIpc) is 2.15. The highest BCUT2D eigenvalue weighted by Gasteiger charge is 2.12. The van der Waals surface area contributed by atoms with Crippen molar-refractivity contribution in [1.82, 2.24) is 5.32 Å². The SMILES string of the molecule is COC(=O)[C@@H](N)CCCCNC(N)=S. The average molecular weight is 219 g/mol. The van der Waals surface area contributed by atoms with E-state index in [-0.39, 0.29) is 5.97 Å². The first-order valence-corrected chi connectivity index (χ1v) is 4.85. The largest absolute Gasteiger partial charge is 0.468 e. The van der Waals surface area contributed by atoms with Crippen molar-refractivity contribution in [2.24, 2.45) is 11.5 Å². The van der Waals surface area contributed by atoms with E-state index in [0.29, 0.717) is 18.1 Å². The lowest BCUT2D eigenvalue weighted by Gasteiger charge is -2.08. The number of carbonyl (C=O) groups excluding carboxylic acids is 1. The normalized spacial score (nSPS) is 11.9. The molecule has 0 rings (SSSR count). The molecule has 0 spiro atoms. The molecule has 0 saturated carbocycles. The summed E-state index contributed by atoms with van der Waals surface area (Å²) in [5.41, 5.74) is 10.8. The topological polar surface area (TPSA) is 90.4 Å². The number of rotatable bonds is 6. The quantitative estimate of drug-likeness (QED) is 0.317. The molecule has 5 nitrogen and oxygen atoms in total. The molecule has 1 atom stereocenters. The van der Waals surface area contributed by atoms with Crippen LogP contribution >= 0.6 is 12.2 Å². The highest BCUT2D eigenvalue weighted by Crippen LogP contribution is 1.99. The number of carbonyl (C=O) groups is 1. The third-order valence-corrected chi connectivity index (χ3v) is 1.89. The lowest BCUT2D eigenvalue weighted by atomic mass is 10.1. The van der Waals surface area contributed by atoms with Gasteiger partial charge in [0.05, 0.1) is 7.11 Å². The minimum Gasteiger partial charge on any atom is -0.468 e. The van der Waals surface area contributed by atoms with Crippen LogP contribution in [-0.4, -0.2) is 30.8 Å². The maximum absolute atomic E-state index is 10.9. The highest BCUT2D eigenvalue weighted by atomic mass is 32.1. The van der Waals surface area contributed by atoms with Gasteiger partial charge in [-0.2, -0.15) is 0 Å². The summed E-state index contributed by atoms with van der Waals surface area (Å²) < 4.78 is 4.49. The third kappa shape index (κ3) is 6.62. The van der Waals surface area contributed by atoms with Crippen LogP contribution in [0.1, 0.15) is 19.3 Å². The number of thiocarbonyl (C=S) groups is 1. The Bertz CT molecular complexity index is 199. The fourth-order valence-corrected chi connectivity index (χ4v) is 1.07. The maximum Gasteiger partial charge on any atom is 0.322 e. The minimum absolute atomic E-state index is 0.294. The number of nitrogens with two attached hydrogens (primary N) is 2. The van der Waals surface area contributed by atoms with Gasteiger partial charge in [0.1, 0.15) is 6.04 Å². The van der Waals surface area contributed by atoms with E-state index in [1.807, 2.05) is 0 Å². The molecule has 0 radical (unpaired) electrons. The first kappa shape index (κ1) is 13.1. The van der Waals surface area contributed by atoms with Gasteiger partial charge in [-0.25, -0.2) is 0 Å². The van der Waals surface area contributed by atoms with Crippen molar-refractivity contribution >= 4 is 23.3 Å². The van der Waals surface area contributed by atoms with Gasteiger partial charge in [0.25, 0.3) is 0 Å². The Balaban J connectivity index is 3.36. The van der Waals surface area contributed by atoms with Gasteiger partial charge >= 0.3 is 5.97 Å². The predicted molar refractivity (Wildman–Crippen MR) is 58.6 cm³/mol. The van der Waals surface area contributed by atoms with Gasteiger partial charge in [-0.05, 0) is 31.5 Å². The molecule has 0 heterocycles. The Morgan fingerprint density at radius 2 is 2.21 bits per heavy atom. The van der Waals surface area contributed by atoms with Crippen LogP contribution in [0.2, 0.25) is 0 Å². The van der Waals surface area contributed by atoms with Crippen molar-refractivity contribution in [1.29, 1.82) is 0 Å². The molecular weight excluding hydrogens is 202 g/mol. The van der Waals surface area contributed by atoms with Crippen LogP contribution in [0.4, 0.5) is 0 Å². The second kappa shape index (κ2) is 7.52. The molecule has 0 aliphatic carbocycles. The number of esters is 1. The van der Waals surface area contributed by atoms with Crippen LogP contribution in [-0.2, 0) is 9.53 Å². The predicted octanol–water partition coefficient (Wildman–Crippen LogP) is -0.510. The van der Waals surface area contributed by atoms with Gasteiger partial charge in [0.2, 0.25) is 0 Å². The summed E-state index contributed by atoms with van der Waals surface area (Å²) in [6, 6.07) is -0.523. The van der Waals surface area contributed by atoms with E-state index in [9.17, 15) is 4.79 Å². The number of methoxy groups -OCH3 is 1. The Labute approximate surface area is 89.2 Å². The van der Waals surface area contributed by atoms with Gasteiger partial charge in [0, 0.05) is 6.54 Å². The molecule has 0 aromatic heterocycles. The van der Waals surface area contributed by atoms with Gasteiger partial charge < -0.3 is 21.5 Å². The second-order valence-electron chi connectivity index (χ2n) is 2.92. The number of nitrogens with one attached hydrogen (secondary N) is 1. The Hall–Kier alpha value is -0.880. The smallest absolute Gasteiger partial charge is 0.322 e. The molecule has 0 aromatic rings. The van der Waals surface area contributed by atoms with Crippen LogP contribution in [0.15, 0.2) is 0 Å². The lowest BCUT2D eigenvalue weighted by molar-refractivity contribution is -0.142. The van der Waals surface area contributed by atoms with Gasteiger partial charge in [-0.1, -0.05) is 0 Å². The van der Waals surface area contributed by atoms with E-state index < -0.39 is 6.04 Å². The van der Waals surface area contributed by atoms with Crippen LogP contribution in [0.3, 0.4) is 0 Å². The standard InChI is InChI=1S/C8H17N3O2S/c1-13-7(12)6(9)4-2-3-5-11-8(10)14/h6H,2-5,9H2,1H3,(H3,10,11,14)/t6-/m0/s1. The molecule has 0 aromatic carbocycles. The van der Waals surface area contributed by atoms with Gasteiger partial charge in [-0.15, -0.1) is 0 Å². The van der Waals surface area contributed by atoms with Crippen LogP contribution < -0.4 is 16.8 Å². The zero-order chi connectivity index (χ0) is 11.0. The molecule has 0 unspecified atom stereocenters. The summed E-state index contributed by atoms with van der Waals surface area (Å²) in [5.74, 6) is -0.368. The van der Waals surface area contributed by atoms with E-state index >= 15 is 0 Å². The minimum atomic E-state index is -0.523. The molecular formula is C8H17N3O2S. The fourth-order valence-electron chi connectivity index (χ4n) is 0.970. The first-order chi connectivity index (χ1) is 6.57. The van der Waals surface area contributed by atoms with Crippen molar-refractivity contribution in [3.05, 3.63) is 0 Å². The van der Waals surface area contributed by atoms with Crippen molar-refractivity contribution < 1.29 is 9.53 Å². The molecule has 6 heteroatoms. The summed E-state index contributed by atoms with van der Waals surface area (Å²) in [4.78, 5) is 10.9. The summed E-state index contributed by atoms with van der Waals surface area (Å²) in [6.45, 7) is 0.712. The van der Waals surface area contributed by atoms with E-state index in [4.69, 9.17) is 11.5 Å². The monoisotopic (exact) mass is 219 g/mol. The fraction of sp³-hybridized carbons (Fsp3) is 0.750. The summed E-state index contributed by atoms with van der Waals surface area (Å²) in [5, 5.41) is 3.11. The van der Waals surface area contributed by atoms with Crippen molar-refractivity contribution in [3.8, 4) is 0 Å². The summed E-state index contributed by atoms with van der Waals surface area (Å²) >= 11 is 4.62. The van der Waals surface area contributed by atoms with Gasteiger partial charge in [-0.3, -0.25) is 4.79 Å². The number of unbranched alkanes of at least 4 members (excludes halogenated alkanes) is 1. The van der Waals surface area contributed by atoms with Crippen molar-refractivity contribution in [3.63, 3.8) is 0 Å². The number of hydrogen-bond donors (Lipinski definition) is 3. The van der Waals surface area contributed by atoms with E-state index in [1.54, 1.807) is 0 Å². The van der Waals surface area contributed by atoms with Crippen LogP contribution in [0, 0.1) is 0 Å². The van der Waals surface area contributed by atoms with Gasteiger partial charge in [0.15, 0.2) is 5.11 Å². The summed E-state index contributed by atoms with van der Waals surface area (Å²) in [6.07, 6.45) is 2.33.